The lowest BCUT2D eigenvalue weighted by molar-refractivity contribution is 0.403. The number of hydrogen-bond donors (Lipinski definition) is 3. The van der Waals surface area contributed by atoms with Crippen LogP contribution in [-0.4, -0.2) is 15.3 Å². The maximum Gasteiger partial charge on any atom is 0.200 e. The number of phenolic OH excluding ortho intramolecular Hbond substituents is 3. The Bertz CT molecular complexity index is 1130. The molecule has 1 aromatic heterocycles. The predicted molar refractivity (Wildman–Crippen MR) is 72.9 cm³/mol. The average molecular weight is 276 g/mol. The van der Waals surface area contributed by atoms with Crippen LogP contribution < -0.4 is 5.43 Å². The van der Waals surface area contributed by atoms with E-state index in [1.54, 1.807) is 0 Å². The molecule has 2 aromatic carbocycles. The summed E-state index contributed by atoms with van der Waals surface area (Å²) in [6, 6.07) is -4.45. The Labute approximate surface area is 121 Å². The number of rotatable bonds is 1. The third-order valence-electron chi connectivity index (χ3n) is 2.57. The van der Waals surface area contributed by atoms with Crippen LogP contribution in [0.4, 0.5) is 0 Å². The normalized spacial score (nSPS) is 15.0. The second kappa shape index (κ2) is 4.31. The van der Waals surface area contributed by atoms with Gasteiger partial charge < -0.3 is 19.7 Å². The molecule has 0 unspecified atom stereocenters. The van der Waals surface area contributed by atoms with Crippen LogP contribution in [0, 0.1) is 0 Å². The number of aromatic hydroxyl groups is 3. The zero-order chi connectivity index (χ0) is 19.5. The molecule has 20 heavy (non-hydrogen) atoms. The van der Waals surface area contributed by atoms with Gasteiger partial charge in [0.1, 0.15) is 17.6 Å². The first kappa shape index (κ1) is 7.00. The van der Waals surface area contributed by atoms with Crippen molar-refractivity contribution in [3.63, 3.8) is 0 Å². The van der Waals surface area contributed by atoms with Gasteiger partial charge in [0.15, 0.2) is 11.5 Å². The minimum absolute atomic E-state index is 0.451. The second-order valence-electron chi connectivity index (χ2n) is 3.85. The van der Waals surface area contributed by atoms with E-state index in [0.717, 1.165) is 6.26 Å². The Morgan fingerprint density at radius 1 is 1.00 bits per heavy atom. The molecule has 3 rings (SSSR count). The molecule has 0 aliphatic heterocycles. The molecule has 3 N–H and O–H groups in total. The average Bonchev–Trinajstić information content (AvgIpc) is 2.62. The van der Waals surface area contributed by atoms with E-state index in [9.17, 15) is 20.1 Å². The van der Waals surface area contributed by atoms with Crippen molar-refractivity contribution in [1.82, 2.24) is 0 Å². The maximum atomic E-state index is 12.8. The quantitative estimate of drug-likeness (QED) is 0.594. The van der Waals surface area contributed by atoms with Gasteiger partial charge in [0.05, 0.1) is 19.2 Å². The Hall–Kier alpha value is -2.95. The van der Waals surface area contributed by atoms with Crippen LogP contribution in [0.3, 0.4) is 0 Å². The third-order valence-corrected chi connectivity index (χ3v) is 2.57. The van der Waals surface area contributed by atoms with E-state index >= 15 is 0 Å². The molecule has 0 bridgehead atoms. The van der Waals surface area contributed by atoms with E-state index in [1.165, 1.54) is 0 Å². The highest BCUT2D eigenvalue weighted by Crippen LogP contribution is 2.30. The SMILES string of the molecule is [2H]c1c([2H])c(-c2coc3c([2H])c(O)c(O)c([2H])c3c2=O)c([2H])c([2H])c1O. The van der Waals surface area contributed by atoms with Gasteiger partial charge in [-0.2, -0.15) is 0 Å². The summed E-state index contributed by atoms with van der Waals surface area (Å²) in [5.41, 5.74) is -2.39. The molecule has 0 aliphatic rings. The molecule has 0 spiro atoms. The Balaban J connectivity index is 2.51. The predicted octanol–water partition coefficient (Wildman–Crippen LogP) is 2.58. The van der Waals surface area contributed by atoms with Crippen LogP contribution in [0.25, 0.3) is 22.1 Å². The van der Waals surface area contributed by atoms with Gasteiger partial charge in [-0.25, -0.2) is 0 Å². The zero-order valence-electron chi connectivity index (χ0n) is 15.7. The Kier molecular flexibility index (Phi) is 1.51. The monoisotopic (exact) mass is 276 g/mol. The lowest BCUT2D eigenvalue weighted by atomic mass is 10.1. The summed E-state index contributed by atoms with van der Waals surface area (Å²) >= 11 is 0. The standard InChI is InChI=1S/C15H10O5/c16-9-3-1-8(2-4-9)11-7-20-14-6-13(18)12(17)5-10(14)15(11)19/h1-7,16-18H/i1D,2D,3D,4D,5D,6D. The highest BCUT2D eigenvalue weighted by atomic mass is 16.3. The van der Waals surface area contributed by atoms with Crippen molar-refractivity contribution in [2.24, 2.45) is 0 Å². The number of hydrogen-bond acceptors (Lipinski definition) is 5. The molecule has 5 nitrogen and oxygen atoms in total. The summed E-state index contributed by atoms with van der Waals surface area (Å²) in [4.78, 5) is 12.8. The smallest absolute Gasteiger partial charge is 0.200 e. The molecule has 3 aromatic rings. The fraction of sp³-hybridized carbons (Fsp3) is 0. The molecule has 0 atom stereocenters. The molecule has 0 amide bonds. The van der Waals surface area contributed by atoms with Crippen LogP contribution in [0.1, 0.15) is 8.22 Å². The number of benzene rings is 2. The number of phenols is 3. The topological polar surface area (TPSA) is 90.9 Å². The molecule has 0 saturated heterocycles. The van der Waals surface area contributed by atoms with Crippen LogP contribution in [0.5, 0.6) is 17.2 Å². The summed E-state index contributed by atoms with van der Waals surface area (Å²) in [5.74, 6) is -2.82. The first-order chi connectivity index (χ1) is 12.1. The molecule has 0 aliphatic carbocycles. The largest absolute Gasteiger partial charge is 0.508 e. The van der Waals surface area contributed by atoms with Crippen molar-refractivity contribution in [1.29, 1.82) is 0 Å². The minimum Gasteiger partial charge on any atom is -0.508 e. The van der Waals surface area contributed by atoms with E-state index in [2.05, 4.69) is 0 Å². The first-order valence-corrected chi connectivity index (χ1v) is 5.35. The molecule has 1 heterocycles. The van der Waals surface area contributed by atoms with Gasteiger partial charge in [-0.1, -0.05) is 12.1 Å². The van der Waals surface area contributed by atoms with Crippen LogP contribution in [0.15, 0.2) is 51.7 Å². The minimum atomic E-state index is -1.00. The van der Waals surface area contributed by atoms with E-state index in [-0.39, 0.29) is 0 Å². The van der Waals surface area contributed by atoms with E-state index in [1.807, 2.05) is 0 Å². The van der Waals surface area contributed by atoms with Crippen molar-refractivity contribution in [2.75, 3.05) is 0 Å². The van der Waals surface area contributed by atoms with Gasteiger partial charge in [0.25, 0.3) is 0 Å². The Morgan fingerprint density at radius 3 is 2.35 bits per heavy atom. The van der Waals surface area contributed by atoms with E-state index < -0.39 is 81.0 Å². The van der Waals surface area contributed by atoms with Gasteiger partial charge >= 0.3 is 0 Å². The Morgan fingerprint density at radius 2 is 1.65 bits per heavy atom. The molecular formula is C15H10O5. The van der Waals surface area contributed by atoms with E-state index in [0.29, 0.717) is 0 Å². The highest BCUT2D eigenvalue weighted by Gasteiger charge is 2.12. The molecular weight excluding hydrogens is 260 g/mol. The number of fused-ring (bicyclic) bond motifs is 1. The summed E-state index contributed by atoms with van der Waals surface area (Å²) < 4.78 is 51.6. The van der Waals surface area contributed by atoms with Crippen LogP contribution in [-0.2, 0) is 0 Å². The lowest BCUT2D eigenvalue weighted by Crippen LogP contribution is -2.04. The molecule has 0 fully saturated rings. The molecule has 100 valence electrons. The van der Waals surface area contributed by atoms with Crippen molar-refractivity contribution >= 4 is 11.0 Å². The van der Waals surface area contributed by atoms with Gasteiger partial charge in [-0.15, -0.1) is 0 Å². The van der Waals surface area contributed by atoms with Crippen LogP contribution >= 0.6 is 0 Å². The summed E-state index contributed by atoms with van der Waals surface area (Å²) in [6.07, 6.45) is 0.778. The zero-order valence-corrected chi connectivity index (χ0v) is 9.74. The molecule has 5 heteroatoms. The van der Waals surface area contributed by atoms with Crippen molar-refractivity contribution in [3.8, 4) is 28.4 Å². The van der Waals surface area contributed by atoms with Gasteiger partial charge in [0, 0.05) is 6.04 Å². The fourth-order valence-corrected chi connectivity index (χ4v) is 1.63. The second-order valence-corrected chi connectivity index (χ2v) is 3.85. The van der Waals surface area contributed by atoms with Crippen LogP contribution in [0.2, 0.25) is 0 Å². The van der Waals surface area contributed by atoms with Crippen molar-refractivity contribution < 1.29 is 28.0 Å². The summed E-state index contributed by atoms with van der Waals surface area (Å²) in [6.45, 7) is 0. The summed E-state index contributed by atoms with van der Waals surface area (Å²) in [7, 11) is 0. The van der Waals surface area contributed by atoms with E-state index in [4.69, 9.17) is 12.6 Å². The van der Waals surface area contributed by atoms with Gasteiger partial charge in [-0.3, -0.25) is 4.79 Å². The van der Waals surface area contributed by atoms with Crippen molar-refractivity contribution in [2.45, 2.75) is 0 Å². The summed E-state index contributed by atoms with van der Waals surface area (Å²) in [5, 5.41) is 28.3. The van der Waals surface area contributed by atoms with Crippen molar-refractivity contribution in [3.05, 3.63) is 52.7 Å². The molecule has 0 saturated carbocycles. The maximum absolute atomic E-state index is 12.8. The van der Waals surface area contributed by atoms with Gasteiger partial charge in [-0.05, 0) is 23.7 Å². The lowest BCUT2D eigenvalue weighted by Gasteiger charge is -2.04. The highest BCUT2D eigenvalue weighted by molar-refractivity contribution is 5.84. The molecule has 0 radical (unpaired) electrons. The van der Waals surface area contributed by atoms with Gasteiger partial charge in [0.2, 0.25) is 5.43 Å². The fourth-order valence-electron chi connectivity index (χ4n) is 1.63. The first-order valence-electron chi connectivity index (χ1n) is 8.35. The third kappa shape index (κ3) is 1.85.